The van der Waals surface area contributed by atoms with E-state index in [0.717, 1.165) is 13.0 Å². The van der Waals surface area contributed by atoms with Crippen LogP contribution in [0, 0.1) is 0 Å². The van der Waals surface area contributed by atoms with Crippen LogP contribution in [-0.4, -0.2) is 34.4 Å². The lowest BCUT2D eigenvalue weighted by Crippen LogP contribution is -2.24. The summed E-state index contributed by atoms with van der Waals surface area (Å²) in [6, 6.07) is 0. The van der Waals surface area contributed by atoms with Crippen LogP contribution in [0.1, 0.15) is 34.1 Å². The normalized spacial score (nSPS) is 15.0. The van der Waals surface area contributed by atoms with Crippen molar-refractivity contribution in [3.05, 3.63) is 12.2 Å². The molecule has 94 valence electrons. The third-order valence-corrected chi connectivity index (χ3v) is 5.11. The van der Waals surface area contributed by atoms with Crippen LogP contribution < -0.4 is 0 Å². The molecular formula is C12H24O3Si. The van der Waals surface area contributed by atoms with E-state index >= 15 is 0 Å². The summed E-state index contributed by atoms with van der Waals surface area (Å²) in [5.74, 6) is -0.272. The second kappa shape index (κ2) is 8.53. The van der Waals surface area contributed by atoms with Gasteiger partial charge in [-0.15, -0.1) is 0 Å². The quantitative estimate of drug-likeness (QED) is 0.371. The van der Waals surface area contributed by atoms with Gasteiger partial charge < -0.3 is 9.47 Å². The van der Waals surface area contributed by atoms with Crippen molar-refractivity contribution in [2.75, 3.05) is 12.8 Å². The highest BCUT2D eigenvalue weighted by molar-refractivity contribution is 6.38. The van der Waals surface area contributed by atoms with Gasteiger partial charge in [-0.25, -0.2) is 4.79 Å². The van der Waals surface area contributed by atoms with Gasteiger partial charge in [-0.05, 0) is 26.3 Å². The molecular weight excluding hydrogens is 220 g/mol. The topological polar surface area (TPSA) is 35.5 Å². The molecule has 0 aliphatic rings. The summed E-state index contributed by atoms with van der Waals surface area (Å²) in [4.78, 5) is 11.2. The maximum atomic E-state index is 11.2. The molecule has 4 heteroatoms. The lowest BCUT2D eigenvalue weighted by molar-refractivity contribution is -0.137. The van der Waals surface area contributed by atoms with Crippen LogP contribution >= 0.6 is 0 Å². The number of esters is 1. The molecule has 0 aliphatic carbocycles. The van der Waals surface area contributed by atoms with Gasteiger partial charge in [0.05, 0.1) is 21.9 Å². The molecule has 16 heavy (non-hydrogen) atoms. The van der Waals surface area contributed by atoms with E-state index < -0.39 is 9.52 Å². The van der Waals surface area contributed by atoms with Crippen LogP contribution in [0.4, 0.5) is 0 Å². The molecule has 0 rings (SSSR count). The minimum atomic E-state index is -0.426. The van der Waals surface area contributed by atoms with Gasteiger partial charge in [-0.3, -0.25) is 0 Å². The van der Waals surface area contributed by atoms with Crippen molar-refractivity contribution in [3.8, 4) is 0 Å². The molecule has 0 aliphatic heterocycles. The molecule has 0 aromatic carbocycles. The molecule has 0 saturated heterocycles. The fourth-order valence-electron chi connectivity index (χ4n) is 1.60. The van der Waals surface area contributed by atoms with E-state index in [1.54, 1.807) is 6.92 Å². The molecule has 0 amide bonds. The molecule has 0 aromatic heterocycles. The SMILES string of the molecule is C=C(C)C(=O)OC[SiH2]C(CC)C(C)OCC. The molecule has 0 saturated carbocycles. The minimum absolute atomic E-state index is 0.272. The number of carbonyl (C=O) groups excluding carboxylic acids is 1. The lowest BCUT2D eigenvalue weighted by Gasteiger charge is -2.21. The molecule has 0 fully saturated rings. The fraction of sp³-hybridized carbons (Fsp3) is 0.750. The smallest absolute Gasteiger partial charge is 0.332 e. The Hall–Kier alpha value is -0.613. The van der Waals surface area contributed by atoms with E-state index in [0.29, 0.717) is 17.3 Å². The average molecular weight is 244 g/mol. The standard InChI is InChI=1S/C12H24O3Si/c1-6-11(10(5)14-7-2)16-8-15-12(13)9(3)4/h10-11H,3,6-8,16H2,1-2,4-5H3. The maximum Gasteiger partial charge on any atom is 0.332 e. The zero-order valence-corrected chi connectivity index (χ0v) is 12.3. The van der Waals surface area contributed by atoms with Gasteiger partial charge in [0.25, 0.3) is 0 Å². The molecule has 2 atom stereocenters. The highest BCUT2D eigenvalue weighted by Crippen LogP contribution is 2.17. The van der Waals surface area contributed by atoms with Gasteiger partial charge in [-0.2, -0.15) is 0 Å². The first kappa shape index (κ1) is 15.4. The van der Waals surface area contributed by atoms with Gasteiger partial charge in [0.15, 0.2) is 0 Å². The first-order valence-electron chi connectivity index (χ1n) is 5.97. The summed E-state index contributed by atoms with van der Waals surface area (Å²) in [7, 11) is -0.426. The summed E-state index contributed by atoms with van der Waals surface area (Å²) >= 11 is 0. The van der Waals surface area contributed by atoms with Crippen molar-refractivity contribution in [3.63, 3.8) is 0 Å². The van der Waals surface area contributed by atoms with E-state index in [1.807, 2.05) is 6.92 Å². The van der Waals surface area contributed by atoms with Crippen LogP contribution in [0.3, 0.4) is 0 Å². The molecule has 3 nitrogen and oxygen atoms in total. The van der Waals surface area contributed by atoms with Gasteiger partial charge >= 0.3 is 5.97 Å². The molecule has 0 radical (unpaired) electrons. The van der Waals surface area contributed by atoms with Gasteiger partial charge in [0.2, 0.25) is 0 Å². The van der Waals surface area contributed by atoms with Crippen molar-refractivity contribution in [1.82, 2.24) is 0 Å². The summed E-state index contributed by atoms with van der Waals surface area (Å²) < 4.78 is 10.7. The van der Waals surface area contributed by atoms with Crippen LogP contribution in [0.15, 0.2) is 12.2 Å². The van der Waals surface area contributed by atoms with E-state index in [2.05, 4.69) is 20.4 Å². The largest absolute Gasteiger partial charge is 0.467 e. The first-order chi connectivity index (χ1) is 7.52. The van der Waals surface area contributed by atoms with Crippen molar-refractivity contribution in [1.29, 1.82) is 0 Å². The first-order valence-corrected chi connectivity index (χ1v) is 7.78. The van der Waals surface area contributed by atoms with Crippen LogP contribution in [0.2, 0.25) is 5.54 Å². The number of ether oxygens (including phenoxy) is 2. The molecule has 0 aromatic rings. The number of carbonyl (C=O) groups is 1. The van der Waals surface area contributed by atoms with Crippen molar-refractivity contribution in [2.45, 2.75) is 45.8 Å². The second-order valence-corrected chi connectivity index (χ2v) is 6.07. The van der Waals surface area contributed by atoms with Crippen molar-refractivity contribution in [2.24, 2.45) is 0 Å². The molecule has 0 spiro atoms. The molecule has 0 bridgehead atoms. The molecule has 0 heterocycles. The molecule has 2 unspecified atom stereocenters. The van der Waals surface area contributed by atoms with Gasteiger partial charge in [0, 0.05) is 12.2 Å². The Morgan fingerprint density at radius 2 is 2.06 bits per heavy atom. The summed E-state index contributed by atoms with van der Waals surface area (Å²) in [6.07, 6.45) is 1.96. The Labute approximate surface area is 101 Å². The maximum absolute atomic E-state index is 11.2. The highest BCUT2D eigenvalue weighted by atomic mass is 28.2. The zero-order valence-electron chi connectivity index (χ0n) is 10.9. The fourth-order valence-corrected chi connectivity index (χ4v) is 3.22. The summed E-state index contributed by atoms with van der Waals surface area (Å²) in [6.45, 7) is 12.2. The Morgan fingerprint density at radius 1 is 1.44 bits per heavy atom. The Balaban J connectivity index is 3.87. The Bertz CT molecular complexity index is 228. The van der Waals surface area contributed by atoms with E-state index in [-0.39, 0.29) is 12.1 Å². The second-order valence-electron chi connectivity index (χ2n) is 4.03. The number of hydrogen-bond acceptors (Lipinski definition) is 3. The third kappa shape index (κ3) is 6.08. The van der Waals surface area contributed by atoms with Crippen molar-refractivity contribution >= 4 is 15.5 Å². The summed E-state index contributed by atoms with van der Waals surface area (Å²) in [5.41, 5.74) is 1.05. The number of rotatable bonds is 8. The van der Waals surface area contributed by atoms with E-state index in [9.17, 15) is 4.79 Å². The summed E-state index contributed by atoms with van der Waals surface area (Å²) in [5, 5.41) is 0. The zero-order chi connectivity index (χ0) is 12.6. The molecule has 0 N–H and O–H groups in total. The van der Waals surface area contributed by atoms with Crippen LogP contribution in [-0.2, 0) is 14.3 Å². The van der Waals surface area contributed by atoms with Crippen LogP contribution in [0.25, 0.3) is 0 Å². The van der Waals surface area contributed by atoms with E-state index in [4.69, 9.17) is 9.47 Å². The Morgan fingerprint density at radius 3 is 2.50 bits per heavy atom. The van der Waals surface area contributed by atoms with Crippen molar-refractivity contribution < 1.29 is 14.3 Å². The predicted octanol–water partition coefficient (Wildman–Crippen LogP) is 1.86. The van der Waals surface area contributed by atoms with Gasteiger partial charge in [0.1, 0.15) is 0 Å². The van der Waals surface area contributed by atoms with Crippen LogP contribution in [0.5, 0.6) is 0 Å². The van der Waals surface area contributed by atoms with E-state index in [1.165, 1.54) is 0 Å². The minimum Gasteiger partial charge on any atom is -0.467 e. The highest BCUT2D eigenvalue weighted by Gasteiger charge is 2.16. The third-order valence-electron chi connectivity index (χ3n) is 2.69. The average Bonchev–Trinajstić information content (AvgIpc) is 2.24. The predicted molar refractivity (Wildman–Crippen MR) is 69.4 cm³/mol. The Kier molecular flexibility index (Phi) is 8.20. The van der Waals surface area contributed by atoms with Gasteiger partial charge in [-0.1, -0.05) is 19.9 Å². The monoisotopic (exact) mass is 244 g/mol. The lowest BCUT2D eigenvalue weighted by atomic mass is 10.2. The number of hydrogen-bond donors (Lipinski definition) is 0.